The van der Waals surface area contributed by atoms with Crippen LogP contribution in [0.4, 0.5) is 0 Å². The summed E-state index contributed by atoms with van der Waals surface area (Å²) in [6.45, 7) is 4.61. The van der Waals surface area contributed by atoms with Gasteiger partial charge < -0.3 is 5.32 Å². The molecule has 0 bridgehead atoms. The first-order valence-corrected chi connectivity index (χ1v) is 10.6. The first-order chi connectivity index (χ1) is 13.0. The van der Waals surface area contributed by atoms with Crippen LogP contribution in [0.25, 0.3) is 5.69 Å². The van der Waals surface area contributed by atoms with Crippen LogP contribution in [0.3, 0.4) is 0 Å². The van der Waals surface area contributed by atoms with Crippen molar-refractivity contribution in [1.29, 1.82) is 0 Å². The third kappa shape index (κ3) is 5.23. The summed E-state index contributed by atoms with van der Waals surface area (Å²) in [5, 5.41) is 7.62. The molecule has 1 heterocycles. The molecule has 3 aromatic rings. The fourth-order valence-corrected chi connectivity index (χ4v) is 3.90. The zero-order chi connectivity index (χ0) is 19.2. The van der Waals surface area contributed by atoms with Gasteiger partial charge >= 0.3 is 0 Å². The van der Waals surface area contributed by atoms with E-state index in [1.807, 2.05) is 61.0 Å². The van der Waals surface area contributed by atoms with Gasteiger partial charge in [-0.3, -0.25) is 4.79 Å². The third-order valence-corrected chi connectivity index (χ3v) is 5.83. The summed E-state index contributed by atoms with van der Waals surface area (Å²) >= 11 is 5.17. The van der Waals surface area contributed by atoms with Gasteiger partial charge in [0.2, 0.25) is 5.91 Å². The average Bonchev–Trinajstić information content (AvgIpc) is 2.95. The minimum atomic E-state index is 0.0326. The van der Waals surface area contributed by atoms with Crippen molar-refractivity contribution < 1.29 is 4.79 Å². The fourth-order valence-electron chi connectivity index (χ4n) is 2.86. The third-order valence-electron chi connectivity index (χ3n) is 4.29. The Labute approximate surface area is 172 Å². The van der Waals surface area contributed by atoms with Crippen LogP contribution in [0.2, 0.25) is 0 Å². The minimum Gasteiger partial charge on any atom is -0.355 e. The van der Waals surface area contributed by atoms with E-state index in [2.05, 4.69) is 38.5 Å². The standard InChI is InChI=1S/C21H22BrN3OS/c1-15-20(16(2)25(24-15)18-6-4-3-5-7-18)14-21(26)23-12-13-27-19-10-8-17(22)9-11-19/h3-11H,12-14H2,1-2H3,(H,23,26). The number of halogens is 1. The van der Waals surface area contributed by atoms with Gasteiger partial charge in [-0.2, -0.15) is 5.10 Å². The Bertz CT molecular complexity index is 907. The quantitative estimate of drug-likeness (QED) is 0.425. The molecule has 0 radical (unpaired) electrons. The second kappa shape index (κ2) is 9.24. The van der Waals surface area contributed by atoms with Crippen LogP contribution >= 0.6 is 27.7 Å². The summed E-state index contributed by atoms with van der Waals surface area (Å²) in [7, 11) is 0. The largest absolute Gasteiger partial charge is 0.355 e. The summed E-state index contributed by atoms with van der Waals surface area (Å²) in [5.74, 6) is 0.874. The lowest BCUT2D eigenvalue weighted by Crippen LogP contribution is -2.27. The van der Waals surface area contributed by atoms with Gasteiger partial charge in [0, 0.05) is 32.9 Å². The second-order valence-electron chi connectivity index (χ2n) is 6.23. The molecule has 140 valence electrons. The molecular formula is C21H22BrN3OS. The minimum absolute atomic E-state index is 0.0326. The predicted octanol–water partition coefficient (Wildman–Crippen LogP) is 4.70. The number of nitrogens with zero attached hydrogens (tertiary/aromatic N) is 2. The molecule has 0 aliphatic rings. The predicted molar refractivity (Wildman–Crippen MR) is 115 cm³/mol. The molecule has 27 heavy (non-hydrogen) atoms. The number of amides is 1. The molecule has 1 N–H and O–H groups in total. The Kier molecular flexibility index (Phi) is 6.74. The van der Waals surface area contributed by atoms with Crippen LogP contribution in [0.15, 0.2) is 64.0 Å². The summed E-state index contributed by atoms with van der Waals surface area (Å²) in [6, 6.07) is 18.2. The van der Waals surface area contributed by atoms with Gasteiger partial charge in [0.25, 0.3) is 0 Å². The van der Waals surface area contributed by atoms with Crippen molar-refractivity contribution in [3.05, 3.63) is 76.0 Å². The number of hydrogen-bond donors (Lipinski definition) is 1. The maximum Gasteiger partial charge on any atom is 0.224 e. The van der Waals surface area contributed by atoms with Gasteiger partial charge in [0.15, 0.2) is 0 Å². The highest BCUT2D eigenvalue weighted by atomic mass is 79.9. The number of nitrogens with one attached hydrogen (secondary N) is 1. The second-order valence-corrected chi connectivity index (χ2v) is 8.31. The van der Waals surface area contributed by atoms with Gasteiger partial charge in [0.1, 0.15) is 0 Å². The number of benzene rings is 2. The van der Waals surface area contributed by atoms with Crippen LogP contribution in [0.1, 0.15) is 17.0 Å². The number of para-hydroxylation sites is 1. The molecule has 0 aliphatic heterocycles. The highest BCUT2D eigenvalue weighted by Gasteiger charge is 2.15. The van der Waals surface area contributed by atoms with Crippen molar-refractivity contribution in [2.45, 2.75) is 25.2 Å². The normalized spacial score (nSPS) is 10.8. The molecule has 0 saturated heterocycles. The molecule has 2 aromatic carbocycles. The van der Waals surface area contributed by atoms with E-state index in [1.54, 1.807) is 11.8 Å². The highest BCUT2D eigenvalue weighted by molar-refractivity contribution is 9.10. The van der Waals surface area contributed by atoms with Crippen molar-refractivity contribution >= 4 is 33.6 Å². The lowest BCUT2D eigenvalue weighted by Gasteiger charge is -2.07. The molecule has 0 atom stereocenters. The van der Waals surface area contributed by atoms with Crippen molar-refractivity contribution in [1.82, 2.24) is 15.1 Å². The number of rotatable bonds is 7. The van der Waals surface area contributed by atoms with Crippen molar-refractivity contribution in [2.75, 3.05) is 12.3 Å². The first kappa shape index (κ1) is 19.7. The van der Waals surface area contributed by atoms with Crippen LogP contribution in [-0.2, 0) is 11.2 Å². The monoisotopic (exact) mass is 443 g/mol. The number of aromatic nitrogens is 2. The Balaban J connectivity index is 1.53. The van der Waals surface area contributed by atoms with E-state index in [4.69, 9.17) is 0 Å². The van der Waals surface area contributed by atoms with Crippen LogP contribution in [0, 0.1) is 13.8 Å². The molecule has 4 nitrogen and oxygen atoms in total. The van der Waals surface area contributed by atoms with Gasteiger partial charge in [0.05, 0.1) is 17.8 Å². The molecule has 3 rings (SSSR count). The first-order valence-electron chi connectivity index (χ1n) is 8.80. The Morgan fingerprint density at radius 1 is 1.11 bits per heavy atom. The number of aryl methyl sites for hydroxylation is 1. The molecule has 1 aromatic heterocycles. The van der Waals surface area contributed by atoms with Crippen molar-refractivity contribution in [3.8, 4) is 5.69 Å². The van der Waals surface area contributed by atoms with E-state index in [-0.39, 0.29) is 5.91 Å². The molecule has 0 aliphatic carbocycles. The molecule has 0 saturated carbocycles. The van der Waals surface area contributed by atoms with E-state index in [9.17, 15) is 4.79 Å². The Hall–Kier alpha value is -2.05. The summed E-state index contributed by atoms with van der Waals surface area (Å²) < 4.78 is 2.98. The smallest absolute Gasteiger partial charge is 0.224 e. The topological polar surface area (TPSA) is 46.9 Å². The molecule has 0 unspecified atom stereocenters. The zero-order valence-electron chi connectivity index (χ0n) is 15.4. The molecule has 0 fully saturated rings. The van der Waals surface area contributed by atoms with E-state index >= 15 is 0 Å². The summed E-state index contributed by atoms with van der Waals surface area (Å²) in [6.07, 6.45) is 0.355. The molecule has 6 heteroatoms. The average molecular weight is 444 g/mol. The highest BCUT2D eigenvalue weighted by Crippen LogP contribution is 2.20. The van der Waals surface area contributed by atoms with E-state index in [0.29, 0.717) is 13.0 Å². The summed E-state index contributed by atoms with van der Waals surface area (Å²) in [4.78, 5) is 13.6. The van der Waals surface area contributed by atoms with Gasteiger partial charge in [-0.15, -0.1) is 11.8 Å². The lowest BCUT2D eigenvalue weighted by molar-refractivity contribution is -0.120. The van der Waals surface area contributed by atoms with Crippen molar-refractivity contribution in [2.24, 2.45) is 0 Å². The van der Waals surface area contributed by atoms with Crippen molar-refractivity contribution in [3.63, 3.8) is 0 Å². The number of hydrogen-bond acceptors (Lipinski definition) is 3. The van der Waals surface area contributed by atoms with Gasteiger partial charge in [-0.25, -0.2) is 4.68 Å². The Morgan fingerprint density at radius 3 is 2.52 bits per heavy atom. The van der Waals surface area contributed by atoms with E-state index in [1.165, 1.54) is 4.90 Å². The van der Waals surface area contributed by atoms with Crippen LogP contribution < -0.4 is 5.32 Å². The lowest BCUT2D eigenvalue weighted by atomic mass is 10.1. The fraction of sp³-hybridized carbons (Fsp3) is 0.238. The number of carbonyl (C=O) groups is 1. The van der Waals surface area contributed by atoms with Gasteiger partial charge in [-0.1, -0.05) is 34.1 Å². The van der Waals surface area contributed by atoms with Crippen LogP contribution in [-0.4, -0.2) is 28.0 Å². The Morgan fingerprint density at radius 2 is 1.81 bits per heavy atom. The molecule has 1 amide bonds. The summed E-state index contributed by atoms with van der Waals surface area (Å²) in [5.41, 5.74) is 3.92. The number of carbonyl (C=O) groups excluding carboxylic acids is 1. The van der Waals surface area contributed by atoms with E-state index < -0.39 is 0 Å². The van der Waals surface area contributed by atoms with Crippen LogP contribution in [0.5, 0.6) is 0 Å². The van der Waals surface area contributed by atoms with Gasteiger partial charge in [-0.05, 0) is 50.2 Å². The molecular weight excluding hydrogens is 422 g/mol. The molecule has 0 spiro atoms. The zero-order valence-corrected chi connectivity index (χ0v) is 17.8. The SMILES string of the molecule is Cc1nn(-c2ccccc2)c(C)c1CC(=O)NCCSc1ccc(Br)cc1. The maximum absolute atomic E-state index is 12.4. The maximum atomic E-state index is 12.4. The van der Waals surface area contributed by atoms with E-state index in [0.717, 1.165) is 32.9 Å². The number of thioether (sulfide) groups is 1.